The standard InChI is InChI=1S/C24H35N5O2/c1-19(27-9-4-5-10-27)20-7-12-26(13-8-20)18-21-23(24(30)28-14-16-31-17-15-28)25-22-6-2-3-11-29(21)22/h2-3,6,11,19-20H,4-5,7-10,12-18H2,1H3. The lowest BCUT2D eigenvalue weighted by Crippen LogP contribution is -2.43. The van der Waals surface area contributed by atoms with Crippen molar-refractivity contribution in [2.24, 2.45) is 5.92 Å². The van der Waals surface area contributed by atoms with Crippen molar-refractivity contribution in [1.29, 1.82) is 0 Å². The van der Waals surface area contributed by atoms with Crippen LogP contribution in [0.5, 0.6) is 0 Å². The SMILES string of the molecule is CC(C1CCN(Cc2c(C(=O)N3CCOCC3)nc3ccccn23)CC1)N1CCCC1. The van der Waals surface area contributed by atoms with Crippen LogP contribution in [0.1, 0.15) is 48.8 Å². The number of rotatable bonds is 5. The van der Waals surface area contributed by atoms with Gasteiger partial charge in [0.15, 0.2) is 5.69 Å². The van der Waals surface area contributed by atoms with Crippen molar-refractivity contribution in [3.8, 4) is 0 Å². The van der Waals surface area contributed by atoms with Gasteiger partial charge in [0.25, 0.3) is 5.91 Å². The topological polar surface area (TPSA) is 53.3 Å². The summed E-state index contributed by atoms with van der Waals surface area (Å²) in [5.41, 5.74) is 2.49. The van der Waals surface area contributed by atoms with Crippen LogP contribution in [-0.4, -0.2) is 88.5 Å². The van der Waals surface area contributed by atoms with Gasteiger partial charge in [0.05, 0.1) is 18.9 Å². The van der Waals surface area contributed by atoms with E-state index in [4.69, 9.17) is 9.72 Å². The van der Waals surface area contributed by atoms with Crippen LogP contribution in [0.4, 0.5) is 0 Å². The number of hydrogen-bond donors (Lipinski definition) is 0. The Morgan fingerprint density at radius 1 is 1.10 bits per heavy atom. The van der Waals surface area contributed by atoms with Crippen LogP contribution in [0.3, 0.4) is 0 Å². The predicted molar refractivity (Wildman–Crippen MR) is 120 cm³/mol. The fraction of sp³-hybridized carbons (Fsp3) is 0.667. The first-order chi connectivity index (χ1) is 15.2. The monoisotopic (exact) mass is 425 g/mol. The van der Waals surface area contributed by atoms with Gasteiger partial charge < -0.3 is 18.9 Å². The van der Waals surface area contributed by atoms with Crippen molar-refractivity contribution in [1.82, 2.24) is 24.1 Å². The number of nitrogens with zero attached hydrogens (tertiary/aromatic N) is 5. The highest BCUT2D eigenvalue weighted by molar-refractivity contribution is 5.94. The molecular formula is C24H35N5O2. The molecule has 3 aliphatic heterocycles. The molecule has 7 heteroatoms. The fourth-order valence-electron chi connectivity index (χ4n) is 5.54. The zero-order valence-electron chi connectivity index (χ0n) is 18.7. The summed E-state index contributed by atoms with van der Waals surface area (Å²) in [6, 6.07) is 6.69. The summed E-state index contributed by atoms with van der Waals surface area (Å²) in [7, 11) is 0. The van der Waals surface area contributed by atoms with E-state index in [1.807, 2.05) is 29.3 Å². The molecule has 2 aromatic rings. The van der Waals surface area contributed by atoms with Gasteiger partial charge in [0.1, 0.15) is 5.65 Å². The number of carbonyl (C=O) groups excluding carboxylic acids is 1. The van der Waals surface area contributed by atoms with E-state index in [1.54, 1.807) is 0 Å². The lowest BCUT2D eigenvalue weighted by Gasteiger charge is -2.38. The number of fused-ring (bicyclic) bond motifs is 1. The third-order valence-corrected chi connectivity index (χ3v) is 7.53. The van der Waals surface area contributed by atoms with Gasteiger partial charge in [-0.15, -0.1) is 0 Å². The first-order valence-corrected chi connectivity index (χ1v) is 12.0. The van der Waals surface area contributed by atoms with E-state index in [0.717, 1.165) is 36.9 Å². The molecule has 5 rings (SSSR count). The number of pyridine rings is 1. The molecular weight excluding hydrogens is 390 g/mol. The van der Waals surface area contributed by atoms with Gasteiger partial charge >= 0.3 is 0 Å². The normalized spacial score (nSPS) is 22.9. The summed E-state index contributed by atoms with van der Waals surface area (Å²) < 4.78 is 7.54. The van der Waals surface area contributed by atoms with E-state index >= 15 is 0 Å². The lowest BCUT2D eigenvalue weighted by molar-refractivity contribution is 0.0297. The van der Waals surface area contributed by atoms with E-state index in [0.29, 0.717) is 38.0 Å². The average molecular weight is 426 g/mol. The van der Waals surface area contributed by atoms with E-state index in [2.05, 4.69) is 21.1 Å². The van der Waals surface area contributed by atoms with Crippen LogP contribution >= 0.6 is 0 Å². The van der Waals surface area contributed by atoms with Gasteiger partial charge in [-0.1, -0.05) is 6.07 Å². The molecule has 5 heterocycles. The number of hydrogen-bond acceptors (Lipinski definition) is 5. The molecule has 0 saturated carbocycles. The Hall–Kier alpha value is -1.96. The van der Waals surface area contributed by atoms with Crippen molar-refractivity contribution in [2.45, 2.75) is 45.2 Å². The Kier molecular flexibility index (Phi) is 6.25. The number of piperidine rings is 1. The highest BCUT2D eigenvalue weighted by Gasteiger charge is 2.31. The fourth-order valence-corrected chi connectivity index (χ4v) is 5.54. The molecule has 0 radical (unpaired) electrons. The minimum Gasteiger partial charge on any atom is -0.378 e. The van der Waals surface area contributed by atoms with Crippen molar-refractivity contribution in [3.63, 3.8) is 0 Å². The van der Waals surface area contributed by atoms with Crippen LogP contribution in [-0.2, 0) is 11.3 Å². The molecule has 2 aromatic heterocycles. The second-order valence-corrected chi connectivity index (χ2v) is 9.34. The molecule has 31 heavy (non-hydrogen) atoms. The second kappa shape index (κ2) is 9.27. The molecule has 1 unspecified atom stereocenters. The molecule has 3 fully saturated rings. The highest BCUT2D eigenvalue weighted by Crippen LogP contribution is 2.28. The number of morpholine rings is 1. The Labute approximate surface area is 185 Å². The third-order valence-electron chi connectivity index (χ3n) is 7.53. The maximum atomic E-state index is 13.3. The number of amides is 1. The summed E-state index contributed by atoms with van der Waals surface area (Å²) in [5, 5.41) is 0. The summed E-state index contributed by atoms with van der Waals surface area (Å²) >= 11 is 0. The number of likely N-dealkylation sites (tertiary alicyclic amines) is 2. The Morgan fingerprint density at radius 3 is 2.58 bits per heavy atom. The second-order valence-electron chi connectivity index (χ2n) is 9.34. The first-order valence-electron chi connectivity index (χ1n) is 12.0. The van der Waals surface area contributed by atoms with Gasteiger partial charge in [-0.2, -0.15) is 0 Å². The Bertz CT molecular complexity index is 893. The van der Waals surface area contributed by atoms with Crippen molar-refractivity contribution in [2.75, 3.05) is 52.5 Å². The van der Waals surface area contributed by atoms with E-state index in [1.165, 1.54) is 38.8 Å². The van der Waals surface area contributed by atoms with Gasteiger partial charge in [-0.3, -0.25) is 9.69 Å². The molecule has 0 spiro atoms. The molecule has 7 nitrogen and oxygen atoms in total. The average Bonchev–Trinajstić information content (AvgIpc) is 3.48. The molecule has 0 aromatic carbocycles. The summed E-state index contributed by atoms with van der Waals surface area (Å²) in [4.78, 5) is 25.1. The molecule has 0 N–H and O–H groups in total. The van der Waals surface area contributed by atoms with E-state index in [9.17, 15) is 4.79 Å². The minimum atomic E-state index is 0.0412. The minimum absolute atomic E-state index is 0.0412. The van der Waals surface area contributed by atoms with Crippen LogP contribution in [0, 0.1) is 5.92 Å². The quantitative estimate of drug-likeness (QED) is 0.737. The highest BCUT2D eigenvalue weighted by atomic mass is 16.5. The zero-order chi connectivity index (χ0) is 21.2. The lowest BCUT2D eigenvalue weighted by atomic mass is 9.89. The molecule has 0 aliphatic carbocycles. The van der Waals surface area contributed by atoms with Crippen molar-refractivity contribution >= 4 is 11.6 Å². The smallest absolute Gasteiger partial charge is 0.274 e. The van der Waals surface area contributed by atoms with Gasteiger partial charge in [0.2, 0.25) is 0 Å². The maximum Gasteiger partial charge on any atom is 0.274 e. The van der Waals surface area contributed by atoms with Crippen LogP contribution < -0.4 is 0 Å². The van der Waals surface area contributed by atoms with Gasteiger partial charge in [0, 0.05) is 31.9 Å². The zero-order valence-corrected chi connectivity index (χ0v) is 18.7. The number of carbonyl (C=O) groups is 1. The van der Waals surface area contributed by atoms with Gasteiger partial charge in [-0.05, 0) is 76.8 Å². The van der Waals surface area contributed by atoms with Crippen molar-refractivity contribution < 1.29 is 9.53 Å². The number of imidazole rings is 1. The predicted octanol–water partition coefficient (Wildman–Crippen LogP) is 2.50. The summed E-state index contributed by atoms with van der Waals surface area (Å²) in [6.45, 7) is 10.4. The Morgan fingerprint density at radius 2 is 1.84 bits per heavy atom. The van der Waals surface area contributed by atoms with Gasteiger partial charge in [-0.25, -0.2) is 4.98 Å². The van der Waals surface area contributed by atoms with Crippen LogP contribution in [0.15, 0.2) is 24.4 Å². The third kappa shape index (κ3) is 4.36. The largest absolute Gasteiger partial charge is 0.378 e. The molecule has 1 atom stereocenters. The summed E-state index contributed by atoms with van der Waals surface area (Å²) in [6.07, 6.45) is 7.23. The van der Waals surface area contributed by atoms with E-state index in [-0.39, 0.29) is 5.91 Å². The maximum absolute atomic E-state index is 13.3. The summed E-state index contributed by atoms with van der Waals surface area (Å²) in [5.74, 6) is 0.825. The number of aromatic nitrogens is 2. The molecule has 168 valence electrons. The van der Waals surface area contributed by atoms with Crippen LogP contribution in [0.25, 0.3) is 5.65 Å². The molecule has 1 amide bonds. The van der Waals surface area contributed by atoms with E-state index < -0.39 is 0 Å². The first kappa shape index (κ1) is 20.9. The van der Waals surface area contributed by atoms with Crippen molar-refractivity contribution in [3.05, 3.63) is 35.8 Å². The molecule has 3 saturated heterocycles. The Balaban J connectivity index is 1.30. The van der Waals surface area contributed by atoms with Crippen LogP contribution in [0.2, 0.25) is 0 Å². The molecule has 3 aliphatic rings. The number of ether oxygens (including phenoxy) is 1. The molecule has 0 bridgehead atoms.